The van der Waals surface area contributed by atoms with Crippen molar-refractivity contribution in [1.82, 2.24) is 24.1 Å². The van der Waals surface area contributed by atoms with Gasteiger partial charge in [-0.15, -0.1) is 11.3 Å². The lowest BCUT2D eigenvalue weighted by Gasteiger charge is -2.15. The molecule has 5 aromatic heterocycles. The fourth-order valence-corrected chi connectivity index (χ4v) is 12.9. The van der Waals surface area contributed by atoms with E-state index in [0.29, 0.717) is 23.1 Å². The summed E-state index contributed by atoms with van der Waals surface area (Å²) in [4.78, 5) is 15.7. The van der Waals surface area contributed by atoms with Crippen LogP contribution in [0.15, 0.2) is 253 Å². The number of fused-ring (bicyclic) bond motifs is 13. The molecule has 0 spiro atoms. The number of hydrogen-bond acceptors (Lipinski definition) is 5. The Bertz CT molecular complexity index is 4980. The molecular weight excluding hydrogens is 947 g/mol. The van der Waals surface area contributed by atoms with Crippen LogP contribution in [0.4, 0.5) is 0 Å². The van der Waals surface area contributed by atoms with E-state index in [1.807, 2.05) is 53.8 Å². The smallest absolute Gasteiger partial charge is 0.167 e. The van der Waals surface area contributed by atoms with Crippen LogP contribution in [0.3, 0.4) is 0 Å². The van der Waals surface area contributed by atoms with Crippen LogP contribution >= 0.6 is 11.3 Å². The van der Waals surface area contributed by atoms with Gasteiger partial charge in [-0.3, -0.25) is 0 Å². The van der Waals surface area contributed by atoms with E-state index in [0.717, 1.165) is 83.0 Å². The lowest BCUT2D eigenvalue weighted by molar-refractivity contribution is 0.669. The topological polar surface area (TPSA) is 61.7 Å². The van der Waals surface area contributed by atoms with E-state index in [-0.39, 0.29) is 0 Å². The zero-order valence-corrected chi connectivity index (χ0v) is 41.5. The Morgan fingerprint density at radius 3 is 1.64 bits per heavy atom. The molecule has 0 atom stereocenters. The Balaban J connectivity index is 0.994. The largest absolute Gasteiger partial charge is 0.455 e. The summed E-state index contributed by atoms with van der Waals surface area (Å²) >= 11 is 1.85. The van der Waals surface area contributed by atoms with Crippen molar-refractivity contribution in [3.8, 4) is 67.8 Å². The lowest BCUT2D eigenvalue weighted by Crippen LogP contribution is -2.01. The van der Waals surface area contributed by atoms with Gasteiger partial charge in [-0.1, -0.05) is 182 Å². The van der Waals surface area contributed by atoms with Crippen molar-refractivity contribution in [3.05, 3.63) is 249 Å². The van der Waals surface area contributed by atoms with Crippen molar-refractivity contribution < 1.29 is 4.42 Å². The van der Waals surface area contributed by atoms with E-state index in [2.05, 4.69) is 215 Å². The summed E-state index contributed by atoms with van der Waals surface area (Å²) in [6.07, 6.45) is 0. The zero-order valence-electron chi connectivity index (χ0n) is 40.7. The van der Waals surface area contributed by atoms with Gasteiger partial charge >= 0.3 is 0 Å². The fourth-order valence-electron chi connectivity index (χ4n) is 11.8. The van der Waals surface area contributed by atoms with Crippen LogP contribution in [-0.4, -0.2) is 24.1 Å². The molecule has 0 fully saturated rings. The van der Waals surface area contributed by atoms with Gasteiger partial charge in [0.15, 0.2) is 17.5 Å². The highest BCUT2D eigenvalue weighted by Gasteiger charge is 2.28. The quantitative estimate of drug-likeness (QED) is 0.160. The maximum Gasteiger partial charge on any atom is 0.167 e. The van der Waals surface area contributed by atoms with Gasteiger partial charge in [-0.25, -0.2) is 15.0 Å². The normalized spacial score (nSPS) is 11.9. The Morgan fingerprint density at radius 1 is 0.329 bits per heavy atom. The zero-order chi connectivity index (χ0) is 49.8. The minimum absolute atomic E-state index is 0.530. The van der Waals surface area contributed by atoms with Gasteiger partial charge in [0.05, 0.1) is 38.7 Å². The molecule has 0 saturated carbocycles. The Kier molecular flexibility index (Phi) is 9.40. The minimum atomic E-state index is 0.530. The first-order valence-electron chi connectivity index (χ1n) is 25.6. The summed E-state index contributed by atoms with van der Waals surface area (Å²) in [6.45, 7) is 0. The number of thiophene rings is 1. The maximum atomic E-state index is 7.10. The number of hydrogen-bond donors (Lipinski definition) is 0. The Morgan fingerprint density at radius 2 is 0.882 bits per heavy atom. The number of furan rings is 1. The second-order valence-corrected chi connectivity index (χ2v) is 20.5. The molecule has 11 aromatic carbocycles. The van der Waals surface area contributed by atoms with Crippen molar-refractivity contribution in [2.45, 2.75) is 0 Å². The molecule has 354 valence electrons. The summed E-state index contributed by atoms with van der Waals surface area (Å²) in [7, 11) is 0. The van der Waals surface area contributed by atoms with Crippen LogP contribution < -0.4 is 0 Å². The molecule has 5 heterocycles. The molecule has 0 aliphatic carbocycles. The van der Waals surface area contributed by atoms with Gasteiger partial charge in [0.2, 0.25) is 0 Å². The van der Waals surface area contributed by atoms with Crippen molar-refractivity contribution in [1.29, 1.82) is 0 Å². The van der Waals surface area contributed by atoms with Crippen LogP contribution in [0.25, 0.3) is 154 Å². The molecule has 76 heavy (non-hydrogen) atoms. The molecule has 0 N–H and O–H groups in total. The van der Waals surface area contributed by atoms with Gasteiger partial charge in [0, 0.05) is 69.5 Å². The van der Waals surface area contributed by atoms with Gasteiger partial charge < -0.3 is 13.6 Å². The monoisotopic (exact) mass is 987 g/mol. The highest BCUT2D eigenvalue weighted by Crippen LogP contribution is 2.49. The molecule has 0 aliphatic heterocycles. The summed E-state index contributed by atoms with van der Waals surface area (Å²) in [5.41, 5.74) is 15.3. The third-order valence-electron chi connectivity index (χ3n) is 15.2. The molecule has 0 aliphatic rings. The van der Waals surface area contributed by atoms with Crippen molar-refractivity contribution >= 4 is 97.1 Å². The number of rotatable bonds is 7. The molecule has 0 bridgehead atoms. The predicted molar refractivity (Wildman–Crippen MR) is 316 cm³/mol. The molecular formula is C69H41N5OS. The molecule has 0 unspecified atom stereocenters. The first-order valence-corrected chi connectivity index (χ1v) is 26.4. The third-order valence-corrected chi connectivity index (χ3v) is 16.3. The van der Waals surface area contributed by atoms with Crippen LogP contribution in [-0.2, 0) is 0 Å². The fraction of sp³-hybridized carbons (Fsp3) is 0. The standard InChI is InChI=1S/C69H41N5OS/c1-4-18-42(19-5-1)43-32-34-45(35-33-43)68-70-67(44-20-6-2-7-21-44)71-69(72-68)52-37-38-58(62-51-27-12-16-30-59(51)75-66(52)62)74-56-28-14-10-24-48(56)55-41-53(46-36-39-61-54(40-46)49-25-13-17-31-60(49)76-61)64-63(65(55)74)50-26-11-15-29-57(50)73(64)47-22-8-3-9-23-47/h1-41H. The molecule has 16 rings (SSSR count). The van der Waals surface area contributed by atoms with E-state index < -0.39 is 0 Å². The second kappa shape index (κ2) is 16.8. The average Bonchev–Trinajstić information content (AvgIpc) is 4.43. The van der Waals surface area contributed by atoms with E-state index in [9.17, 15) is 0 Å². The van der Waals surface area contributed by atoms with E-state index in [1.54, 1.807) is 0 Å². The number of aromatic nitrogens is 5. The van der Waals surface area contributed by atoms with E-state index in [4.69, 9.17) is 19.4 Å². The first-order chi connectivity index (χ1) is 37.7. The van der Waals surface area contributed by atoms with Gasteiger partial charge in [0.25, 0.3) is 0 Å². The van der Waals surface area contributed by atoms with Crippen LogP contribution in [0.2, 0.25) is 0 Å². The summed E-state index contributed by atoms with van der Waals surface area (Å²) in [6, 6.07) is 88.6. The van der Waals surface area contributed by atoms with Crippen LogP contribution in [0.1, 0.15) is 0 Å². The van der Waals surface area contributed by atoms with Gasteiger partial charge in [-0.2, -0.15) is 0 Å². The Labute approximate surface area is 439 Å². The molecule has 6 nitrogen and oxygen atoms in total. The van der Waals surface area contributed by atoms with E-state index >= 15 is 0 Å². The van der Waals surface area contributed by atoms with Crippen molar-refractivity contribution in [2.24, 2.45) is 0 Å². The van der Waals surface area contributed by atoms with Gasteiger partial charge in [-0.05, 0) is 83.4 Å². The van der Waals surface area contributed by atoms with Crippen molar-refractivity contribution in [3.63, 3.8) is 0 Å². The molecule has 0 radical (unpaired) electrons. The van der Waals surface area contributed by atoms with Crippen LogP contribution in [0, 0.1) is 0 Å². The first kappa shape index (κ1) is 42.5. The third kappa shape index (κ3) is 6.49. The average molecular weight is 988 g/mol. The molecule has 16 aromatic rings. The number of nitrogens with zero attached hydrogens (tertiary/aromatic N) is 5. The summed E-state index contributed by atoms with van der Waals surface area (Å²) < 4.78 is 14.6. The SMILES string of the molecule is c1ccc(-c2ccc(-c3nc(-c4ccccc4)nc(-c4ccc(-n5c6ccccc6c6cc(-c7ccc8sc9ccccc9c8c7)c7c(c8ccccc8n7-c7ccccc7)c65)c5c4oc4ccccc45)n3)cc2)cc1. The molecule has 0 saturated heterocycles. The predicted octanol–water partition coefficient (Wildman–Crippen LogP) is 18.7. The molecule has 7 heteroatoms. The maximum absolute atomic E-state index is 7.10. The number of benzene rings is 11. The summed E-state index contributed by atoms with van der Waals surface area (Å²) in [5.74, 6) is 1.70. The second-order valence-electron chi connectivity index (χ2n) is 19.4. The highest BCUT2D eigenvalue weighted by molar-refractivity contribution is 7.25. The lowest BCUT2D eigenvalue weighted by atomic mass is 9.96. The molecule has 0 amide bonds. The van der Waals surface area contributed by atoms with E-state index in [1.165, 1.54) is 47.5 Å². The van der Waals surface area contributed by atoms with Gasteiger partial charge in [0.1, 0.15) is 11.2 Å². The van der Waals surface area contributed by atoms with Crippen LogP contribution in [0.5, 0.6) is 0 Å². The van der Waals surface area contributed by atoms with Crippen molar-refractivity contribution in [2.75, 3.05) is 0 Å². The number of para-hydroxylation sites is 4. The Hall–Kier alpha value is -9.95. The summed E-state index contributed by atoms with van der Waals surface area (Å²) in [5, 5.41) is 9.22. The minimum Gasteiger partial charge on any atom is -0.455 e. The highest BCUT2D eigenvalue weighted by atomic mass is 32.1.